The molecule has 1 unspecified atom stereocenters. The quantitative estimate of drug-likeness (QED) is 0.797. The Morgan fingerprint density at radius 1 is 1.24 bits per heavy atom. The molecule has 0 heterocycles. The van der Waals surface area contributed by atoms with Gasteiger partial charge in [-0.3, -0.25) is 0 Å². The number of hydrogen-bond donors (Lipinski definition) is 1. The summed E-state index contributed by atoms with van der Waals surface area (Å²) >= 11 is 0. The van der Waals surface area contributed by atoms with Crippen LogP contribution < -0.4 is 5.32 Å². The lowest BCUT2D eigenvalue weighted by Crippen LogP contribution is -2.36. The van der Waals surface area contributed by atoms with Crippen molar-refractivity contribution in [3.8, 4) is 0 Å². The minimum Gasteiger partial charge on any atom is -0.317 e. The van der Waals surface area contributed by atoms with Gasteiger partial charge in [0, 0.05) is 18.1 Å². The summed E-state index contributed by atoms with van der Waals surface area (Å²) in [7, 11) is -0.792. The Morgan fingerprint density at radius 2 is 1.82 bits per heavy atom. The van der Waals surface area contributed by atoms with E-state index in [-0.39, 0.29) is 0 Å². The van der Waals surface area contributed by atoms with Crippen molar-refractivity contribution in [3.63, 3.8) is 0 Å². The third-order valence-electron chi connectivity index (χ3n) is 4.03. The molecule has 1 fully saturated rings. The maximum absolute atomic E-state index is 11.1. The molecule has 0 amide bonds. The van der Waals surface area contributed by atoms with E-state index in [1.165, 1.54) is 31.9 Å². The zero-order valence-corrected chi connectivity index (χ0v) is 12.2. The van der Waals surface area contributed by atoms with Crippen molar-refractivity contribution in [1.29, 1.82) is 0 Å². The fraction of sp³-hybridized carbons (Fsp3) is 1.00. The van der Waals surface area contributed by atoms with Crippen molar-refractivity contribution in [2.24, 2.45) is 11.8 Å². The summed E-state index contributed by atoms with van der Waals surface area (Å²) in [6, 6.07) is 0.504. The summed E-state index contributed by atoms with van der Waals surface area (Å²) in [6.07, 6.45) is 8.35. The lowest BCUT2D eigenvalue weighted by atomic mass is 9.78. The van der Waals surface area contributed by atoms with E-state index < -0.39 is 9.84 Å². The smallest absolute Gasteiger partial charge is 0.147 e. The molecular weight excluding hydrogens is 234 g/mol. The van der Waals surface area contributed by atoms with E-state index in [0.717, 1.165) is 24.7 Å². The SMILES string of the molecule is CNC(CCCS(C)(=O)=O)C1CCC(C)CC1. The highest BCUT2D eigenvalue weighted by molar-refractivity contribution is 7.90. The van der Waals surface area contributed by atoms with Gasteiger partial charge < -0.3 is 5.32 Å². The molecule has 0 aromatic carbocycles. The molecule has 0 radical (unpaired) electrons. The van der Waals surface area contributed by atoms with Gasteiger partial charge in [0.2, 0.25) is 0 Å². The van der Waals surface area contributed by atoms with Crippen LogP contribution in [0, 0.1) is 11.8 Å². The normalized spacial score (nSPS) is 27.9. The molecule has 4 heteroatoms. The van der Waals surface area contributed by atoms with Crippen molar-refractivity contribution < 1.29 is 8.42 Å². The topological polar surface area (TPSA) is 46.2 Å². The van der Waals surface area contributed by atoms with E-state index in [1.54, 1.807) is 0 Å². The number of nitrogens with one attached hydrogen (secondary N) is 1. The number of hydrogen-bond acceptors (Lipinski definition) is 3. The molecule has 0 aromatic rings. The van der Waals surface area contributed by atoms with Crippen molar-refractivity contribution in [3.05, 3.63) is 0 Å². The maximum Gasteiger partial charge on any atom is 0.147 e. The van der Waals surface area contributed by atoms with Crippen molar-refractivity contribution in [2.45, 2.75) is 51.5 Å². The molecule has 3 nitrogen and oxygen atoms in total. The third-order valence-corrected chi connectivity index (χ3v) is 5.06. The minimum absolute atomic E-state index is 0.328. The second kappa shape index (κ2) is 6.74. The highest BCUT2D eigenvalue weighted by atomic mass is 32.2. The van der Waals surface area contributed by atoms with Gasteiger partial charge in [0.05, 0.1) is 0 Å². The molecule has 0 aliphatic heterocycles. The molecule has 1 saturated carbocycles. The van der Waals surface area contributed by atoms with Crippen molar-refractivity contribution in [2.75, 3.05) is 19.1 Å². The van der Waals surface area contributed by atoms with Crippen LogP contribution in [0.4, 0.5) is 0 Å². The molecule has 0 bridgehead atoms. The van der Waals surface area contributed by atoms with Gasteiger partial charge in [0.25, 0.3) is 0 Å². The van der Waals surface area contributed by atoms with Gasteiger partial charge in [-0.1, -0.05) is 19.8 Å². The fourth-order valence-electron chi connectivity index (χ4n) is 2.87. The van der Waals surface area contributed by atoms with E-state index in [1.807, 2.05) is 7.05 Å². The first-order valence-electron chi connectivity index (χ1n) is 6.77. The van der Waals surface area contributed by atoms with Crippen molar-refractivity contribution in [1.82, 2.24) is 5.32 Å². The highest BCUT2D eigenvalue weighted by Crippen LogP contribution is 2.31. The molecule has 102 valence electrons. The van der Waals surface area contributed by atoms with Crippen LogP contribution in [0.5, 0.6) is 0 Å². The van der Waals surface area contributed by atoms with Crippen LogP contribution in [-0.2, 0) is 9.84 Å². The molecule has 1 N–H and O–H groups in total. The Morgan fingerprint density at radius 3 is 2.29 bits per heavy atom. The van der Waals surface area contributed by atoms with Crippen molar-refractivity contribution >= 4 is 9.84 Å². The first-order chi connectivity index (χ1) is 7.92. The van der Waals surface area contributed by atoms with Crippen LogP contribution in [0.1, 0.15) is 45.4 Å². The average Bonchev–Trinajstić information content (AvgIpc) is 2.24. The largest absolute Gasteiger partial charge is 0.317 e. The Labute approximate surface area is 106 Å². The maximum atomic E-state index is 11.1. The Bertz CT molecular complexity index is 305. The van der Waals surface area contributed by atoms with Crippen LogP contribution in [0.3, 0.4) is 0 Å². The summed E-state index contributed by atoms with van der Waals surface area (Å²) < 4.78 is 22.2. The lowest BCUT2D eigenvalue weighted by Gasteiger charge is -2.32. The van der Waals surface area contributed by atoms with Crippen LogP contribution in [0.25, 0.3) is 0 Å². The van der Waals surface area contributed by atoms with Crippen LogP contribution in [0.2, 0.25) is 0 Å². The summed E-state index contributed by atoms with van der Waals surface area (Å²) in [4.78, 5) is 0. The molecule has 0 spiro atoms. The summed E-state index contributed by atoms with van der Waals surface area (Å²) in [6.45, 7) is 2.33. The summed E-state index contributed by atoms with van der Waals surface area (Å²) in [5, 5.41) is 3.38. The summed E-state index contributed by atoms with van der Waals surface area (Å²) in [5.74, 6) is 1.95. The Balaban J connectivity index is 2.33. The second-order valence-corrected chi connectivity index (χ2v) is 7.95. The Kier molecular flexibility index (Phi) is 5.93. The van der Waals surface area contributed by atoms with E-state index in [9.17, 15) is 8.42 Å². The van der Waals surface area contributed by atoms with Gasteiger partial charge in [-0.25, -0.2) is 8.42 Å². The summed E-state index contributed by atoms with van der Waals surface area (Å²) in [5.41, 5.74) is 0. The monoisotopic (exact) mass is 261 g/mol. The Hall–Kier alpha value is -0.0900. The van der Waals surface area contributed by atoms with Gasteiger partial charge in [-0.2, -0.15) is 0 Å². The number of rotatable bonds is 6. The molecule has 1 rings (SSSR count). The number of sulfone groups is 1. The van der Waals surface area contributed by atoms with Crippen LogP contribution in [-0.4, -0.2) is 33.5 Å². The van der Waals surface area contributed by atoms with Crippen LogP contribution in [0.15, 0.2) is 0 Å². The zero-order valence-electron chi connectivity index (χ0n) is 11.4. The predicted octanol–water partition coefficient (Wildman–Crippen LogP) is 2.23. The second-order valence-electron chi connectivity index (χ2n) is 5.69. The lowest BCUT2D eigenvalue weighted by molar-refractivity contribution is 0.228. The predicted molar refractivity (Wildman–Crippen MR) is 72.9 cm³/mol. The standard InChI is InChI=1S/C13H27NO2S/c1-11-6-8-12(9-7-11)13(14-2)5-4-10-17(3,15)16/h11-14H,4-10H2,1-3H3. The van der Waals surface area contributed by atoms with E-state index in [4.69, 9.17) is 0 Å². The molecule has 1 atom stereocenters. The zero-order chi connectivity index (χ0) is 12.9. The third kappa shape index (κ3) is 5.87. The first-order valence-corrected chi connectivity index (χ1v) is 8.83. The molecule has 0 saturated heterocycles. The molecule has 1 aliphatic carbocycles. The molecule has 0 aromatic heterocycles. The minimum atomic E-state index is -2.80. The molecule has 17 heavy (non-hydrogen) atoms. The average molecular weight is 261 g/mol. The van der Waals surface area contributed by atoms with E-state index >= 15 is 0 Å². The fourth-order valence-corrected chi connectivity index (χ4v) is 3.56. The van der Waals surface area contributed by atoms with E-state index in [0.29, 0.717) is 11.8 Å². The van der Waals surface area contributed by atoms with Gasteiger partial charge >= 0.3 is 0 Å². The van der Waals surface area contributed by atoms with Gasteiger partial charge in [-0.15, -0.1) is 0 Å². The molecule has 1 aliphatic rings. The first kappa shape index (κ1) is 15.0. The van der Waals surface area contributed by atoms with Gasteiger partial charge in [0.1, 0.15) is 9.84 Å². The van der Waals surface area contributed by atoms with Gasteiger partial charge in [0.15, 0.2) is 0 Å². The van der Waals surface area contributed by atoms with Crippen LogP contribution >= 0.6 is 0 Å². The van der Waals surface area contributed by atoms with Gasteiger partial charge in [-0.05, 0) is 44.6 Å². The van der Waals surface area contributed by atoms with E-state index in [2.05, 4.69) is 12.2 Å². The molecular formula is C13H27NO2S. The highest BCUT2D eigenvalue weighted by Gasteiger charge is 2.24.